The first-order chi connectivity index (χ1) is 21.9. The number of nitrogens with zero attached hydrogens (tertiary/aromatic N) is 7. The maximum Gasteiger partial charge on any atom is 0.407 e. The van der Waals surface area contributed by atoms with E-state index in [1.807, 2.05) is 4.90 Å². The SMILES string of the molecule is CN(C(=O)c1cnc(N2C[C@H](NC(=O)OC(C)(C)C)[C@@H](c3cc(F)c(F)cc3F)C2)nc1)C1CCN(c2nc(C3CC3)no2)CC1. The third-order valence-corrected chi connectivity index (χ3v) is 8.61. The number of alkyl carbamates (subject to hydrolysis) is 1. The topological polar surface area (TPSA) is 130 Å². The monoisotopic (exact) mass is 642 g/mol. The molecule has 2 aliphatic heterocycles. The molecule has 1 N–H and O–H groups in total. The van der Waals surface area contributed by atoms with Crippen LogP contribution >= 0.6 is 0 Å². The fraction of sp³-hybridized carbons (Fsp3) is 0.548. The summed E-state index contributed by atoms with van der Waals surface area (Å²) >= 11 is 0. The largest absolute Gasteiger partial charge is 0.444 e. The number of halogens is 3. The van der Waals surface area contributed by atoms with Gasteiger partial charge in [-0.1, -0.05) is 5.16 Å². The van der Waals surface area contributed by atoms with Crippen molar-refractivity contribution in [1.82, 2.24) is 30.3 Å². The normalized spacial score (nSPS) is 20.6. The van der Waals surface area contributed by atoms with Crippen molar-refractivity contribution >= 4 is 24.0 Å². The lowest BCUT2D eigenvalue weighted by Crippen LogP contribution is -2.45. The molecule has 0 spiro atoms. The Bertz CT molecular complexity index is 1590. The van der Waals surface area contributed by atoms with Gasteiger partial charge in [-0.05, 0) is 58.1 Å². The number of ether oxygens (including phenoxy) is 1. The lowest BCUT2D eigenvalue weighted by atomic mass is 9.93. The highest BCUT2D eigenvalue weighted by Crippen LogP contribution is 2.39. The third-order valence-electron chi connectivity index (χ3n) is 8.61. The average molecular weight is 643 g/mol. The molecule has 2 saturated heterocycles. The maximum atomic E-state index is 14.8. The number of hydrogen-bond donors (Lipinski definition) is 1. The van der Waals surface area contributed by atoms with Gasteiger partial charge in [0, 0.05) is 69.6 Å². The molecule has 3 aromatic rings. The number of anilines is 2. The molecule has 1 aliphatic carbocycles. The minimum absolute atomic E-state index is 0.000668. The van der Waals surface area contributed by atoms with Gasteiger partial charge in [0.2, 0.25) is 5.95 Å². The summed E-state index contributed by atoms with van der Waals surface area (Å²) in [6.07, 6.45) is 5.77. The molecular weight excluding hydrogens is 605 g/mol. The van der Waals surface area contributed by atoms with Crippen LogP contribution in [0.15, 0.2) is 29.0 Å². The molecule has 3 fully saturated rings. The summed E-state index contributed by atoms with van der Waals surface area (Å²) in [5, 5.41) is 6.82. The van der Waals surface area contributed by atoms with Crippen molar-refractivity contribution in [1.29, 1.82) is 0 Å². The van der Waals surface area contributed by atoms with Crippen molar-refractivity contribution in [2.45, 2.75) is 76.0 Å². The zero-order valence-corrected chi connectivity index (χ0v) is 26.2. The number of carbonyl (C=O) groups is 2. The molecule has 15 heteroatoms. The molecular formula is C31H37F3N8O4. The molecule has 246 valence electrons. The highest BCUT2D eigenvalue weighted by Gasteiger charge is 2.39. The fourth-order valence-corrected chi connectivity index (χ4v) is 5.98. The van der Waals surface area contributed by atoms with Crippen LogP contribution in [0.2, 0.25) is 0 Å². The van der Waals surface area contributed by atoms with E-state index in [-0.39, 0.29) is 36.6 Å². The molecule has 3 aliphatic rings. The van der Waals surface area contributed by atoms with Gasteiger partial charge in [0.15, 0.2) is 17.5 Å². The summed E-state index contributed by atoms with van der Waals surface area (Å²) in [4.78, 5) is 44.7. The van der Waals surface area contributed by atoms with Gasteiger partial charge < -0.3 is 29.3 Å². The van der Waals surface area contributed by atoms with Crippen molar-refractivity contribution in [3.8, 4) is 0 Å². The highest BCUT2D eigenvalue weighted by molar-refractivity contribution is 5.93. The lowest BCUT2D eigenvalue weighted by molar-refractivity contribution is 0.0504. The second kappa shape index (κ2) is 12.4. The molecule has 2 amide bonds. The van der Waals surface area contributed by atoms with E-state index in [9.17, 15) is 22.8 Å². The van der Waals surface area contributed by atoms with Crippen LogP contribution in [0.5, 0.6) is 0 Å². The summed E-state index contributed by atoms with van der Waals surface area (Å²) < 4.78 is 53.5. The van der Waals surface area contributed by atoms with Crippen molar-refractivity contribution < 1.29 is 32.0 Å². The van der Waals surface area contributed by atoms with Crippen molar-refractivity contribution in [3.05, 3.63) is 58.9 Å². The van der Waals surface area contributed by atoms with Crippen LogP contribution in [-0.4, -0.2) is 87.9 Å². The van der Waals surface area contributed by atoms with Gasteiger partial charge >= 0.3 is 12.1 Å². The van der Waals surface area contributed by atoms with E-state index in [0.717, 1.165) is 37.6 Å². The minimum Gasteiger partial charge on any atom is -0.444 e. The van der Waals surface area contributed by atoms with Gasteiger partial charge in [0.1, 0.15) is 11.4 Å². The molecule has 0 unspecified atom stereocenters. The molecule has 0 bridgehead atoms. The Kier molecular flexibility index (Phi) is 8.51. The lowest BCUT2D eigenvalue weighted by Gasteiger charge is -2.35. The van der Waals surface area contributed by atoms with Crippen molar-refractivity contribution in [2.75, 3.05) is 43.0 Å². The van der Waals surface area contributed by atoms with Crippen LogP contribution in [0.1, 0.15) is 80.0 Å². The Morgan fingerprint density at radius 1 is 0.978 bits per heavy atom. The number of aromatic nitrogens is 4. The second-order valence-electron chi connectivity index (χ2n) is 13.2. The first-order valence-electron chi connectivity index (χ1n) is 15.4. The predicted octanol–water partition coefficient (Wildman–Crippen LogP) is 4.39. The van der Waals surface area contributed by atoms with E-state index in [1.54, 1.807) is 37.6 Å². The highest BCUT2D eigenvalue weighted by atomic mass is 19.2. The fourth-order valence-electron chi connectivity index (χ4n) is 5.98. The summed E-state index contributed by atoms with van der Waals surface area (Å²) in [5.74, 6) is -3.01. The standard InChI is InChI=1S/C31H37F3N8O4/c1-31(2,3)45-30(44)37-25-16-42(15-21(25)20-11-23(33)24(34)12-22(20)32)28-35-13-18(14-36-28)27(43)40(4)19-7-9-41(10-8-19)29-38-26(39-46-29)17-5-6-17/h11-14,17,19,21,25H,5-10,15-16H2,1-4H3,(H,37,44)/t21-,25+/m1/s1. The van der Waals surface area contributed by atoms with Crippen LogP contribution in [0.3, 0.4) is 0 Å². The predicted molar refractivity (Wildman–Crippen MR) is 160 cm³/mol. The van der Waals surface area contributed by atoms with Gasteiger partial charge in [-0.15, -0.1) is 0 Å². The minimum atomic E-state index is -1.30. The number of piperidine rings is 1. The first-order valence-corrected chi connectivity index (χ1v) is 15.4. The first kappa shape index (κ1) is 31.5. The van der Waals surface area contributed by atoms with Crippen molar-refractivity contribution in [2.24, 2.45) is 0 Å². The zero-order chi connectivity index (χ0) is 32.7. The van der Waals surface area contributed by atoms with E-state index >= 15 is 0 Å². The van der Waals surface area contributed by atoms with Crippen LogP contribution in [-0.2, 0) is 4.74 Å². The molecule has 46 heavy (non-hydrogen) atoms. The van der Waals surface area contributed by atoms with Gasteiger partial charge in [-0.2, -0.15) is 4.98 Å². The number of amides is 2. The van der Waals surface area contributed by atoms with Crippen LogP contribution in [0.25, 0.3) is 0 Å². The quantitative estimate of drug-likeness (QED) is 0.371. The Morgan fingerprint density at radius 3 is 2.30 bits per heavy atom. The third kappa shape index (κ3) is 6.87. The van der Waals surface area contributed by atoms with Gasteiger partial charge in [-0.25, -0.2) is 27.9 Å². The molecule has 0 radical (unpaired) electrons. The van der Waals surface area contributed by atoms with Gasteiger partial charge in [0.25, 0.3) is 5.91 Å². The second-order valence-corrected chi connectivity index (χ2v) is 13.2. The van der Waals surface area contributed by atoms with E-state index in [4.69, 9.17) is 9.26 Å². The number of benzene rings is 1. The van der Waals surface area contributed by atoms with Crippen LogP contribution < -0.4 is 15.1 Å². The van der Waals surface area contributed by atoms with Crippen LogP contribution in [0.4, 0.5) is 29.9 Å². The number of hydrogen-bond acceptors (Lipinski definition) is 10. The Hall–Kier alpha value is -4.43. The Balaban J connectivity index is 1.11. The summed E-state index contributed by atoms with van der Waals surface area (Å²) in [6.45, 7) is 6.70. The number of carbonyl (C=O) groups excluding carboxylic acids is 2. The van der Waals surface area contributed by atoms with E-state index in [1.165, 1.54) is 12.4 Å². The smallest absolute Gasteiger partial charge is 0.407 e. The molecule has 6 rings (SSSR count). The Labute approximate surface area is 264 Å². The molecule has 1 saturated carbocycles. The molecule has 4 heterocycles. The average Bonchev–Trinajstić information content (AvgIpc) is 3.60. The number of nitrogens with one attached hydrogen (secondary N) is 1. The van der Waals surface area contributed by atoms with E-state index in [0.29, 0.717) is 36.7 Å². The summed E-state index contributed by atoms with van der Waals surface area (Å²) in [7, 11) is 1.75. The molecule has 2 atom stereocenters. The summed E-state index contributed by atoms with van der Waals surface area (Å²) in [5.41, 5.74) is -0.580. The van der Waals surface area contributed by atoms with Gasteiger partial charge in [0.05, 0.1) is 11.6 Å². The van der Waals surface area contributed by atoms with E-state index < -0.39 is 41.1 Å². The van der Waals surface area contributed by atoms with Gasteiger partial charge in [-0.3, -0.25) is 4.79 Å². The van der Waals surface area contributed by atoms with Crippen LogP contribution in [0, 0.1) is 17.5 Å². The van der Waals surface area contributed by atoms with Crippen molar-refractivity contribution in [3.63, 3.8) is 0 Å². The molecule has 2 aromatic heterocycles. The molecule has 12 nitrogen and oxygen atoms in total. The zero-order valence-electron chi connectivity index (χ0n) is 26.2. The molecule has 1 aromatic carbocycles. The number of rotatable bonds is 7. The maximum absolute atomic E-state index is 14.8. The Morgan fingerprint density at radius 2 is 1.65 bits per heavy atom. The van der Waals surface area contributed by atoms with E-state index in [2.05, 4.69) is 25.4 Å². The summed E-state index contributed by atoms with van der Waals surface area (Å²) in [6, 6.07) is 1.09.